The van der Waals surface area contributed by atoms with Gasteiger partial charge < -0.3 is 5.32 Å². The van der Waals surface area contributed by atoms with Crippen LogP contribution < -0.4 is 5.32 Å². The van der Waals surface area contributed by atoms with Crippen molar-refractivity contribution in [2.45, 2.75) is 11.3 Å². The molecule has 1 N–H and O–H groups in total. The van der Waals surface area contributed by atoms with Crippen molar-refractivity contribution in [3.05, 3.63) is 32.8 Å². The fourth-order valence-corrected chi connectivity index (χ4v) is 4.11. The summed E-state index contributed by atoms with van der Waals surface area (Å²) in [5, 5.41) is 13.6. The largest absolute Gasteiger partial charge is 0.355 e. The van der Waals surface area contributed by atoms with E-state index in [2.05, 4.69) is 21.2 Å². The molecule has 1 aromatic rings. The number of carbonyl (C=O) groups is 1. The maximum Gasteiger partial charge on any atom is 0.289 e. The molecule has 0 spiro atoms. The van der Waals surface area contributed by atoms with Crippen molar-refractivity contribution in [1.29, 1.82) is 0 Å². The summed E-state index contributed by atoms with van der Waals surface area (Å²) in [6, 6.07) is 3.75. The van der Waals surface area contributed by atoms with Gasteiger partial charge in [0.2, 0.25) is 15.9 Å². The first-order valence-corrected chi connectivity index (χ1v) is 8.26. The number of nitrogens with zero attached hydrogens (tertiary/aromatic N) is 2. The van der Waals surface area contributed by atoms with E-state index in [4.69, 9.17) is 0 Å². The molecular formula is C11H12BrN3O5S. The van der Waals surface area contributed by atoms with Crippen LogP contribution >= 0.6 is 15.9 Å². The fraction of sp³-hybridized carbons (Fsp3) is 0.364. The van der Waals surface area contributed by atoms with Gasteiger partial charge in [-0.1, -0.05) is 15.9 Å². The monoisotopic (exact) mass is 377 g/mol. The molecule has 114 valence electrons. The number of nitro benzene ring substituents is 1. The molecular weight excluding hydrogens is 366 g/mol. The quantitative estimate of drug-likeness (QED) is 0.620. The minimum absolute atomic E-state index is 0.00215. The van der Waals surface area contributed by atoms with Crippen LogP contribution in [0.1, 0.15) is 6.42 Å². The lowest BCUT2D eigenvalue weighted by Gasteiger charge is -2.19. The van der Waals surface area contributed by atoms with Crippen molar-refractivity contribution < 1.29 is 18.1 Å². The van der Waals surface area contributed by atoms with E-state index >= 15 is 0 Å². The first-order chi connectivity index (χ1) is 9.82. The maximum absolute atomic E-state index is 12.6. The third kappa shape index (κ3) is 3.39. The Bertz CT molecular complexity index is 691. The average Bonchev–Trinajstić information content (AvgIpc) is 2.63. The number of hydrogen-bond donors (Lipinski definition) is 1. The van der Waals surface area contributed by atoms with Crippen molar-refractivity contribution in [2.75, 3.05) is 19.6 Å². The van der Waals surface area contributed by atoms with E-state index in [1.54, 1.807) is 0 Å². The van der Waals surface area contributed by atoms with Crippen LogP contribution in [0.4, 0.5) is 5.69 Å². The van der Waals surface area contributed by atoms with Crippen LogP contribution in [-0.4, -0.2) is 43.2 Å². The van der Waals surface area contributed by atoms with E-state index in [0.717, 1.165) is 10.4 Å². The van der Waals surface area contributed by atoms with Crippen LogP contribution in [0.25, 0.3) is 0 Å². The highest BCUT2D eigenvalue weighted by molar-refractivity contribution is 9.10. The number of amides is 1. The summed E-state index contributed by atoms with van der Waals surface area (Å²) in [4.78, 5) is 21.2. The predicted octanol–water partition coefficient (Wildman–Crippen LogP) is 0.868. The number of carbonyl (C=O) groups excluding carboxylic acids is 1. The Morgan fingerprint density at radius 1 is 1.33 bits per heavy atom. The number of nitrogens with one attached hydrogen (secondary N) is 1. The van der Waals surface area contributed by atoms with Gasteiger partial charge in [0.1, 0.15) is 0 Å². The van der Waals surface area contributed by atoms with E-state index in [1.807, 2.05) is 0 Å². The summed E-state index contributed by atoms with van der Waals surface area (Å²) >= 11 is 3.11. The normalized spacial score (nSPS) is 17.1. The standard InChI is InChI=1S/C11H12BrN3O5S/c12-8-1-2-9(15(17)18)10(7-8)21(19,20)14-5-3-11(16)13-4-6-14/h1-2,7H,3-6H2,(H,13,16). The van der Waals surface area contributed by atoms with Gasteiger partial charge in [-0.3, -0.25) is 14.9 Å². The Labute approximate surface area is 129 Å². The van der Waals surface area contributed by atoms with Crippen molar-refractivity contribution in [2.24, 2.45) is 0 Å². The summed E-state index contributed by atoms with van der Waals surface area (Å²) in [7, 11) is -4.04. The molecule has 0 saturated carbocycles. The van der Waals surface area contributed by atoms with E-state index in [9.17, 15) is 23.3 Å². The number of nitro groups is 1. The molecule has 21 heavy (non-hydrogen) atoms. The zero-order valence-corrected chi connectivity index (χ0v) is 13.2. The topological polar surface area (TPSA) is 110 Å². The Morgan fingerprint density at radius 2 is 2.05 bits per heavy atom. The second-order valence-corrected chi connectivity index (χ2v) is 7.20. The average molecular weight is 378 g/mol. The maximum atomic E-state index is 12.6. The number of rotatable bonds is 3. The summed E-state index contributed by atoms with van der Waals surface area (Å²) < 4.78 is 26.7. The Kier molecular flexibility index (Phi) is 4.59. The molecule has 0 radical (unpaired) electrons. The van der Waals surface area contributed by atoms with Gasteiger partial charge in [0.15, 0.2) is 4.90 Å². The van der Waals surface area contributed by atoms with Crippen LogP contribution in [0.15, 0.2) is 27.6 Å². The lowest BCUT2D eigenvalue weighted by Crippen LogP contribution is -2.34. The molecule has 2 rings (SSSR count). The summed E-state index contributed by atoms with van der Waals surface area (Å²) in [5.74, 6) is -0.239. The highest BCUT2D eigenvalue weighted by Gasteiger charge is 2.32. The van der Waals surface area contributed by atoms with Crippen LogP contribution in [0.5, 0.6) is 0 Å². The minimum Gasteiger partial charge on any atom is -0.355 e. The smallest absolute Gasteiger partial charge is 0.289 e. The summed E-state index contributed by atoms with van der Waals surface area (Å²) in [6.07, 6.45) is 0.0288. The summed E-state index contributed by atoms with van der Waals surface area (Å²) in [5.41, 5.74) is -0.485. The molecule has 0 aromatic heterocycles. The Morgan fingerprint density at radius 3 is 2.71 bits per heavy atom. The van der Waals surface area contributed by atoms with Gasteiger partial charge in [-0.25, -0.2) is 8.42 Å². The molecule has 1 aliphatic rings. The van der Waals surface area contributed by atoms with E-state index in [-0.39, 0.29) is 36.9 Å². The second kappa shape index (κ2) is 6.08. The van der Waals surface area contributed by atoms with E-state index < -0.39 is 20.6 Å². The Balaban J connectivity index is 2.46. The fourth-order valence-electron chi connectivity index (χ4n) is 1.97. The zero-order chi connectivity index (χ0) is 15.6. The highest BCUT2D eigenvalue weighted by Crippen LogP contribution is 2.29. The molecule has 0 bridgehead atoms. The molecule has 8 nitrogen and oxygen atoms in total. The first-order valence-electron chi connectivity index (χ1n) is 6.03. The lowest BCUT2D eigenvalue weighted by atomic mass is 10.3. The lowest BCUT2D eigenvalue weighted by molar-refractivity contribution is -0.387. The minimum atomic E-state index is -4.04. The van der Waals surface area contributed by atoms with Gasteiger partial charge in [-0.05, 0) is 12.1 Å². The molecule has 0 aliphatic carbocycles. The van der Waals surface area contributed by atoms with Crippen molar-refractivity contribution >= 4 is 37.5 Å². The number of benzene rings is 1. The van der Waals surface area contributed by atoms with Gasteiger partial charge in [-0.15, -0.1) is 0 Å². The van der Waals surface area contributed by atoms with E-state index in [1.165, 1.54) is 12.1 Å². The van der Waals surface area contributed by atoms with Crippen LogP contribution in [0.3, 0.4) is 0 Å². The number of hydrogen-bond acceptors (Lipinski definition) is 5. The molecule has 1 aliphatic heterocycles. The van der Waals surface area contributed by atoms with Gasteiger partial charge in [0, 0.05) is 36.6 Å². The van der Waals surface area contributed by atoms with Gasteiger partial charge in [-0.2, -0.15) is 4.31 Å². The summed E-state index contributed by atoms with van der Waals surface area (Å²) in [6.45, 7) is 0.259. The van der Waals surface area contributed by atoms with Crippen LogP contribution in [0, 0.1) is 10.1 Å². The van der Waals surface area contributed by atoms with Crippen molar-refractivity contribution in [3.8, 4) is 0 Å². The van der Waals surface area contributed by atoms with Gasteiger partial charge in [0.25, 0.3) is 5.69 Å². The first kappa shape index (κ1) is 15.9. The molecule has 1 saturated heterocycles. The second-order valence-electron chi connectivity index (χ2n) is 4.37. The number of halogens is 1. The van der Waals surface area contributed by atoms with Crippen molar-refractivity contribution in [3.63, 3.8) is 0 Å². The molecule has 0 atom stereocenters. The zero-order valence-electron chi connectivity index (χ0n) is 10.8. The third-order valence-corrected chi connectivity index (χ3v) is 5.43. The predicted molar refractivity (Wildman–Crippen MR) is 77.2 cm³/mol. The van der Waals surface area contributed by atoms with Crippen LogP contribution in [0.2, 0.25) is 0 Å². The molecule has 1 heterocycles. The highest BCUT2D eigenvalue weighted by atomic mass is 79.9. The molecule has 10 heteroatoms. The molecule has 0 unspecified atom stereocenters. The SMILES string of the molecule is O=C1CCN(S(=O)(=O)c2cc(Br)ccc2[N+](=O)[O-])CCN1. The number of sulfonamides is 1. The molecule has 1 aromatic carbocycles. The van der Waals surface area contributed by atoms with Crippen molar-refractivity contribution in [1.82, 2.24) is 9.62 Å². The van der Waals surface area contributed by atoms with Crippen LogP contribution in [-0.2, 0) is 14.8 Å². The Hall–Kier alpha value is -1.52. The van der Waals surface area contributed by atoms with Gasteiger partial charge >= 0.3 is 0 Å². The van der Waals surface area contributed by atoms with Gasteiger partial charge in [0.05, 0.1) is 4.92 Å². The van der Waals surface area contributed by atoms with E-state index in [0.29, 0.717) is 4.47 Å². The molecule has 1 amide bonds. The molecule has 1 fully saturated rings. The third-order valence-electron chi connectivity index (χ3n) is 3.01.